The van der Waals surface area contributed by atoms with Gasteiger partial charge in [-0.1, -0.05) is 11.6 Å². The van der Waals surface area contributed by atoms with Gasteiger partial charge in [0.1, 0.15) is 5.82 Å². The van der Waals surface area contributed by atoms with Crippen LogP contribution >= 0.6 is 11.6 Å². The van der Waals surface area contributed by atoms with E-state index in [4.69, 9.17) is 11.6 Å². The number of rotatable bonds is 2. The Bertz CT molecular complexity index is 647. The fraction of sp³-hybridized carbons (Fsp3) is 0.0714. The molecule has 0 aromatic heterocycles. The lowest BCUT2D eigenvalue weighted by atomic mass is 10.0. The van der Waals surface area contributed by atoms with Crippen molar-refractivity contribution in [2.75, 3.05) is 0 Å². The van der Waals surface area contributed by atoms with Crippen LogP contribution in [0.2, 0.25) is 5.02 Å². The molecule has 0 spiro atoms. The summed E-state index contributed by atoms with van der Waals surface area (Å²) in [6.07, 6.45) is -4.85. The van der Waals surface area contributed by atoms with Gasteiger partial charge in [-0.15, -0.1) is 0 Å². The Labute approximate surface area is 116 Å². The van der Waals surface area contributed by atoms with Crippen molar-refractivity contribution in [3.05, 3.63) is 70.0 Å². The second-order valence-corrected chi connectivity index (χ2v) is 4.46. The molecule has 0 N–H and O–H groups in total. The Morgan fingerprint density at radius 2 is 1.50 bits per heavy atom. The molecule has 2 aromatic carbocycles. The Morgan fingerprint density at radius 1 is 0.950 bits per heavy atom. The predicted molar refractivity (Wildman–Crippen MR) is 66.3 cm³/mol. The van der Waals surface area contributed by atoms with E-state index in [1.807, 2.05) is 0 Å². The van der Waals surface area contributed by atoms with Crippen molar-refractivity contribution in [3.63, 3.8) is 0 Å². The van der Waals surface area contributed by atoms with Gasteiger partial charge in [0.05, 0.1) is 5.56 Å². The molecule has 20 heavy (non-hydrogen) atoms. The van der Waals surface area contributed by atoms with E-state index in [9.17, 15) is 22.4 Å². The largest absolute Gasteiger partial charge is 0.419 e. The van der Waals surface area contributed by atoms with Gasteiger partial charge in [0, 0.05) is 16.1 Å². The zero-order chi connectivity index (χ0) is 14.9. The van der Waals surface area contributed by atoms with Crippen LogP contribution in [0, 0.1) is 5.82 Å². The molecular weight excluding hydrogens is 296 g/mol. The number of carbonyl (C=O) groups excluding carboxylic acids is 1. The van der Waals surface area contributed by atoms with Crippen LogP contribution in [0.5, 0.6) is 0 Å². The highest BCUT2D eigenvalue weighted by Gasteiger charge is 2.34. The van der Waals surface area contributed by atoms with Crippen molar-refractivity contribution < 1.29 is 22.4 Å². The Balaban J connectivity index is 2.43. The molecule has 0 aliphatic carbocycles. The standard InChI is InChI=1S/C14H7ClF4O/c15-10-4-1-8(2-5-10)13(20)9-3-6-12(16)11(7-9)14(17,18)19/h1-7H. The molecule has 0 atom stereocenters. The molecule has 0 bridgehead atoms. The minimum absolute atomic E-state index is 0.175. The summed E-state index contributed by atoms with van der Waals surface area (Å²) < 4.78 is 50.9. The molecule has 2 aromatic rings. The van der Waals surface area contributed by atoms with E-state index < -0.39 is 23.3 Å². The van der Waals surface area contributed by atoms with Crippen molar-refractivity contribution in [1.29, 1.82) is 0 Å². The van der Waals surface area contributed by atoms with Crippen LogP contribution in [0.25, 0.3) is 0 Å². The van der Waals surface area contributed by atoms with Gasteiger partial charge >= 0.3 is 6.18 Å². The molecular formula is C14H7ClF4O. The van der Waals surface area contributed by atoms with Crippen molar-refractivity contribution in [2.24, 2.45) is 0 Å². The van der Waals surface area contributed by atoms with Gasteiger partial charge in [-0.25, -0.2) is 4.39 Å². The summed E-state index contributed by atoms with van der Waals surface area (Å²) in [5.74, 6) is -2.04. The smallest absolute Gasteiger partial charge is 0.289 e. The van der Waals surface area contributed by atoms with Gasteiger partial charge in [0.2, 0.25) is 0 Å². The summed E-state index contributed by atoms with van der Waals surface area (Å²) in [7, 11) is 0. The normalized spacial score (nSPS) is 11.4. The third-order valence-corrected chi connectivity index (χ3v) is 2.89. The lowest BCUT2D eigenvalue weighted by Gasteiger charge is -2.09. The first kappa shape index (κ1) is 14.5. The lowest BCUT2D eigenvalue weighted by Crippen LogP contribution is -2.11. The monoisotopic (exact) mass is 302 g/mol. The van der Waals surface area contributed by atoms with Gasteiger partial charge < -0.3 is 0 Å². The molecule has 2 rings (SSSR count). The number of carbonyl (C=O) groups is 1. The molecule has 0 aliphatic rings. The summed E-state index contributed by atoms with van der Waals surface area (Å²) in [6, 6.07) is 7.83. The Hall–Kier alpha value is -1.88. The van der Waals surface area contributed by atoms with Crippen LogP contribution in [-0.2, 0) is 6.18 Å². The van der Waals surface area contributed by atoms with E-state index in [0.29, 0.717) is 17.2 Å². The van der Waals surface area contributed by atoms with Crippen LogP contribution in [0.1, 0.15) is 21.5 Å². The Morgan fingerprint density at radius 3 is 2.05 bits per heavy atom. The number of alkyl halides is 3. The minimum atomic E-state index is -4.85. The highest BCUT2D eigenvalue weighted by atomic mass is 35.5. The van der Waals surface area contributed by atoms with Crippen molar-refractivity contribution >= 4 is 17.4 Å². The quantitative estimate of drug-likeness (QED) is 0.579. The molecule has 0 fully saturated rings. The van der Waals surface area contributed by atoms with Gasteiger partial charge in [-0.05, 0) is 42.5 Å². The molecule has 0 amide bonds. The zero-order valence-electron chi connectivity index (χ0n) is 9.84. The maximum Gasteiger partial charge on any atom is 0.419 e. The molecule has 0 heterocycles. The van der Waals surface area contributed by atoms with Gasteiger partial charge in [0.15, 0.2) is 5.78 Å². The van der Waals surface area contributed by atoms with Crippen molar-refractivity contribution in [1.82, 2.24) is 0 Å². The van der Waals surface area contributed by atoms with Crippen LogP contribution in [0.4, 0.5) is 17.6 Å². The number of ketones is 1. The topological polar surface area (TPSA) is 17.1 Å². The first-order chi connectivity index (χ1) is 9.29. The average molecular weight is 303 g/mol. The Kier molecular flexibility index (Phi) is 3.81. The fourth-order valence-electron chi connectivity index (χ4n) is 1.65. The molecule has 0 aliphatic heterocycles. The molecule has 104 valence electrons. The molecule has 1 nitrogen and oxygen atoms in total. The average Bonchev–Trinajstić information content (AvgIpc) is 2.38. The summed E-state index contributed by atoms with van der Waals surface area (Å²) in [6.45, 7) is 0. The lowest BCUT2D eigenvalue weighted by molar-refractivity contribution is -0.140. The highest BCUT2D eigenvalue weighted by molar-refractivity contribution is 6.30. The summed E-state index contributed by atoms with van der Waals surface area (Å²) in [4.78, 5) is 12.0. The van der Waals surface area contributed by atoms with Gasteiger partial charge in [0.25, 0.3) is 0 Å². The minimum Gasteiger partial charge on any atom is -0.289 e. The first-order valence-corrected chi connectivity index (χ1v) is 5.84. The van der Waals surface area contributed by atoms with Crippen LogP contribution in [0.3, 0.4) is 0 Å². The van der Waals surface area contributed by atoms with E-state index in [0.717, 1.165) is 6.07 Å². The molecule has 6 heteroatoms. The molecule has 0 saturated heterocycles. The maximum atomic E-state index is 13.1. The van der Waals surface area contributed by atoms with E-state index in [1.54, 1.807) is 0 Å². The molecule has 0 radical (unpaired) electrons. The summed E-state index contributed by atoms with van der Waals surface area (Å²) in [5, 5.41) is 0.400. The van der Waals surface area contributed by atoms with Crippen LogP contribution < -0.4 is 0 Å². The SMILES string of the molecule is O=C(c1ccc(Cl)cc1)c1ccc(F)c(C(F)(F)F)c1. The van der Waals surface area contributed by atoms with E-state index in [-0.39, 0.29) is 11.1 Å². The third kappa shape index (κ3) is 2.99. The second kappa shape index (κ2) is 5.25. The van der Waals surface area contributed by atoms with Gasteiger partial charge in [-0.2, -0.15) is 13.2 Å². The van der Waals surface area contributed by atoms with Crippen LogP contribution in [-0.4, -0.2) is 5.78 Å². The first-order valence-electron chi connectivity index (χ1n) is 5.46. The van der Waals surface area contributed by atoms with Gasteiger partial charge in [-0.3, -0.25) is 4.79 Å². The highest BCUT2D eigenvalue weighted by Crippen LogP contribution is 2.32. The van der Waals surface area contributed by atoms with Crippen LogP contribution in [0.15, 0.2) is 42.5 Å². The van der Waals surface area contributed by atoms with E-state index >= 15 is 0 Å². The van der Waals surface area contributed by atoms with Crippen molar-refractivity contribution in [3.8, 4) is 0 Å². The van der Waals surface area contributed by atoms with E-state index in [1.165, 1.54) is 24.3 Å². The second-order valence-electron chi connectivity index (χ2n) is 4.03. The number of hydrogen-bond acceptors (Lipinski definition) is 1. The number of benzene rings is 2. The predicted octanol–water partition coefficient (Wildman–Crippen LogP) is 4.73. The van der Waals surface area contributed by atoms with E-state index in [2.05, 4.69) is 0 Å². The molecule has 0 unspecified atom stereocenters. The number of hydrogen-bond donors (Lipinski definition) is 0. The maximum absolute atomic E-state index is 13.1. The van der Waals surface area contributed by atoms with Crippen molar-refractivity contribution in [2.45, 2.75) is 6.18 Å². The third-order valence-electron chi connectivity index (χ3n) is 2.64. The number of halogens is 5. The summed E-state index contributed by atoms with van der Waals surface area (Å²) in [5.41, 5.74) is -1.52. The zero-order valence-corrected chi connectivity index (χ0v) is 10.6. The molecule has 0 saturated carbocycles. The fourth-order valence-corrected chi connectivity index (χ4v) is 1.78. The summed E-state index contributed by atoms with van der Waals surface area (Å²) >= 11 is 5.66.